The Morgan fingerprint density at radius 2 is 1.75 bits per heavy atom. The lowest BCUT2D eigenvalue weighted by Crippen LogP contribution is -2.41. The van der Waals surface area contributed by atoms with Gasteiger partial charge in [-0.25, -0.2) is 9.97 Å². The van der Waals surface area contributed by atoms with Crippen molar-refractivity contribution in [3.8, 4) is 5.75 Å². The van der Waals surface area contributed by atoms with Crippen molar-refractivity contribution in [2.75, 3.05) is 24.8 Å². The van der Waals surface area contributed by atoms with Crippen LogP contribution in [0, 0.1) is 5.92 Å². The number of alkyl halides is 3. The molecule has 0 radical (unpaired) electrons. The van der Waals surface area contributed by atoms with Crippen molar-refractivity contribution in [1.29, 1.82) is 0 Å². The van der Waals surface area contributed by atoms with Crippen molar-refractivity contribution in [2.24, 2.45) is 5.92 Å². The number of methoxy groups -OCH3 is 1. The highest BCUT2D eigenvalue weighted by Gasteiger charge is 2.52. The molecule has 1 amide bonds. The van der Waals surface area contributed by atoms with E-state index in [1.165, 1.54) is 38.4 Å². The minimum absolute atomic E-state index is 0.0318. The van der Waals surface area contributed by atoms with Crippen LogP contribution in [0.4, 0.5) is 36.3 Å². The lowest BCUT2D eigenvalue weighted by Gasteiger charge is -2.32. The number of rotatable bonds is 16. The van der Waals surface area contributed by atoms with Gasteiger partial charge in [-0.1, -0.05) is 19.9 Å². The number of pyridine rings is 1. The first-order valence-electron chi connectivity index (χ1n) is 18.0. The van der Waals surface area contributed by atoms with Gasteiger partial charge in [0.1, 0.15) is 21.7 Å². The Morgan fingerprint density at radius 3 is 2.39 bits per heavy atom. The van der Waals surface area contributed by atoms with Gasteiger partial charge in [0, 0.05) is 37.6 Å². The Bertz CT molecular complexity index is 2110. The summed E-state index contributed by atoms with van der Waals surface area (Å²) in [6.07, 6.45) is -0.384. The number of halogens is 4. The number of aryl methyl sites for hydroxylation is 1. The van der Waals surface area contributed by atoms with E-state index in [4.69, 9.17) is 18.6 Å². The Kier molecular flexibility index (Phi) is 13.5. The van der Waals surface area contributed by atoms with E-state index in [1.807, 2.05) is 47.7 Å². The highest BCUT2D eigenvalue weighted by Crippen LogP contribution is 2.49. The Balaban J connectivity index is 1.24. The van der Waals surface area contributed by atoms with E-state index >= 15 is 0 Å². The molecule has 0 bridgehead atoms. The first-order chi connectivity index (χ1) is 26.6. The zero-order valence-electron chi connectivity index (χ0n) is 32.8. The number of hydrogen-bond acceptors (Lipinski definition) is 12. The summed E-state index contributed by atoms with van der Waals surface area (Å²) in [7, 11) is -1.97. The Morgan fingerprint density at radius 1 is 1.07 bits per heavy atom. The number of carbonyl (C=O) groups excluding carboxylic acids is 1. The standard InChI is InChI=1S/C36H46BBrF3N8O7P/c1-21(2)27(10-9-15-49-19-23(17-44-49)37-55-34(3,4)35(5,6)56-37)54-57(51,52)20-22-11-12-25(28(16-22)53-8)46-33-43-18-24(36(39,40)41)31(48-33)45-26-13-14-29(38)47-30(26)32(50)42-7/h11-14,16-19,21,27H,9-10,15,20H2,1-8H3,(H,42,50)(H,51,52)(H2,43,45,46,48). The smallest absolute Gasteiger partial charge is 0.495 e. The molecule has 0 saturated carbocycles. The molecule has 1 aromatic carbocycles. The molecule has 1 fully saturated rings. The molecule has 21 heteroatoms. The molecule has 3 aromatic heterocycles. The Hall–Kier alpha value is -4.07. The summed E-state index contributed by atoms with van der Waals surface area (Å²) in [4.78, 5) is 35.4. The molecule has 0 spiro atoms. The van der Waals surface area contributed by atoms with E-state index in [0.717, 1.165) is 5.46 Å². The van der Waals surface area contributed by atoms with Crippen molar-refractivity contribution >= 4 is 65.2 Å². The van der Waals surface area contributed by atoms with Crippen LogP contribution in [0.1, 0.15) is 76.0 Å². The van der Waals surface area contributed by atoms with Gasteiger partial charge in [0.15, 0.2) is 5.69 Å². The van der Waals surface area contributed by atoms with Crippen LogP contribution in [0.5, 0.6) is 5.75 Å². The number of nitrogens with one attached hydrogen (secondary N) is 3. The highest BCUT2D eigenvalue weighted by atomic mass is 79.9. The summed E-state index contributed by atoms with van der Waals surface area (Å²) in [6, 6.07) is 7.43. The third-order valence-corrected chi connectivity index (χ3v) is 11.5. The molecule has 4 aromatic rings. The summed E-state index contributed by atoms with van der Waals surface area (Å²) >= 11 is 3.16. The molecule has 4 heterocycles. The number of amides is 1. The van der Waals surface area contributed by atoms with Crippen LogP contribution in [0.15, 0.2) is 53.5 Å². The molecule has 57 heavy (non-hydrogen) atoms. The lowest BCUT2D eigenvalue weighted by atomic mass is 9.82. The van der Waals surface area contributed by atoms with Gasteiger partial charge < -0.3 is 39.4 Å². The van der Waals surface area contributed by atoms with Crippen molar-refractivity contribution in [1.82, 2.24) is 30.0 Å². The van der Waals surface area contributed by atoms with Gasteiger partial charge in [0.25, 0.3) is 5.91 Å². The van der Waals surface area contributed by atoms with Gasteiger partial charge in [0.2, 0.25) is 5.95 Å². The minimum Gasteiger partial charge on any atom is -0.495 e. The molecule has 2 unspecified atom stereocenters. The number of anilines is 4. The lowest BCUT2D eigenvalue weighted by molar-refractivity contribution is -0.137. The van der Waals surface area contributed by atoms with Crippen molar-refractivity contribution < 1.29 is 46.0 Å². The van der Waals surface area contributed by atoms with E-state index in [1.54, 1.807) is 16.9 Å². The molecule has 1 aliphatic heterocycles. The topological polar surface area (TPSA) is 184 Å². The summed E-state index contributed by atoms with van der Waals surface area (Å²) in [5.41, 5.74) is -0.851. The SMILES string of the molecule is CNC(=O)c1nc(Br)ccc1Nc1nc(Nc2ccc(CP(=O)(O)OC(CCCn3cc(B4OC(C)(C)C(C)(C)O4)cn3)C(C)C)cc2OC)ncc1C(F)(F)F. The number of hydrogen-bond donors (Lipinski definition) is 4. The second-order valence-electron chi connectivity index (χ2n) is 14.8. The molecule has 308 valence electrons. The summed E-state index contributed by atoms with van der Waals surface area (Å²) in [5, 5.41) is 12.3. The maximum atomic E-state index is 14.0. The second-order valence-corrected chi connectivity index (χ2v) is 17.4. The predicted octanol–water partition coefficient (Wildman–Crippen LogP) is 7.21. The largest absolute Gasteiger partial charge is 0.498 e. The molecule has 1 saturated heterocycles. The van der Waals surface area contributed by atoms with Crippen LogP contribution < -0.4 is 26.2 Å². The number of benzene rings is 1. The van der Waals surface area contributed by atoms with Gasteiger partial charge in [0.05, 0.1) is 42.0 Å². The summed E-state index contributed by atoms with van der Waals surface area (Å²) in [5.74, 6) is -1.38. The third kappa shape index (κ3) is 10.9. The van der Waals surface area contributed by atoms with E-state index < -0.39 is 55.5 Å². The zero-order chi connectivity index (χ0) is 41.9. The quantitative estimate of drug-likeness (QED) is 0.0504. The fourth-order valence-corrected chi connectivity index (χ4v) is 7.62. The van der Waals surface area contributed by atoms with Crippen molar-refractivity contribution in [3.05, 3.63) is 70.3 Å². The minimum atomic E-state index is -4.84. The number of ether oxygens (including phenoxy) is 1. The molecule has 4 N–H and O–H groups in total. The van der Waals surface area contributed by atoms with Crippen molar-refractivity contribution in [2.45, 2.75) is 90.6 Å². The van der Waals surface area contributed by atoms with Crippen LogP contribution in [-0.2, 0) is 37.3 Å². The first kappa shape index (κ1) is 44.0. The molecule has 15 nitrogen and oxygen atoms in total. The van der Waals surface area contributed by atoms with Gasteiger partial charge in [-0.2, -0.15) is 23.3 Å². The maximum Gasteiger partial charge on any atom is 0.498 e. The number of aromatic nitrogens is 5. The first-order valence-corrected chi connectivity index (χ1v) is 20.6. The summed E-state index contributed by atoms with van der Waals surface area (Å²) in [6.45, 7) is 12.3. The third-order valence-electron chi connectivity index (χ3n) is 9.64. The molecular weight excluding hydrogens is 835 g/mol. The summed E-state index contributed by atoms with van der Waals surface area (Å²) < 4.78 is 81.2. The average molecular weight is 881 g/mol. The van der Waals surface area contributed by atoms with Crippen LogP contribution in [-0.4, -0.2) is 74.1 Å². The van der Waals surface area contributed by atoms with Crippen LogP contribution >= 0.6 is 23.5 Å². The molecule has 2 atom stereocenters. The van der Waals surface area contributed by atoms with E-state index in [2.05, 4.69) is 51.9 Å². The Labute approximate surface area is 337 Å². The molecule has 1 aliphatic rings. The highest BCUT2D eigenvalue weighted by molar-refractivity contribution is 9.10. The number of nitrogens with zero attached hydrogens (tertiary/aromatic N) is 5. The monoisotopic (exact) mass is 880 g/mol. The normalized spacial score (nSPS) is 16.6. The van der Waals surface area contributed by atoms with E-state index in [9.17, 15) is 27.4 Å². The molecule has 5 rings (SSSR count). The van der Waals surface area contributed by atoms with Crippen LogP contribution in [0.25, 0.3) is 0 Å². The van der Waals surface area contributed by atoms with E-state index in [0.29, 0.717) is 35.7 Å². The average Bonchev–Trinajstić information content (AvgIpc) is 3.68. The second kappa shape index (κ2) is 17.4. The number of carbonyl (C=O) groups is 1. The molecule has 0 aliphatic carbocycles. The predicted molar refractivity (Wildman–Crippen MR) is 212 cm³/mol. The zero-order valence-corrected chi connectivity index (χ0v) is 35.3. The van der Waals surface area contributed by atoms with Crippen LogP contribution in [0.2, 0.25) is 0 Å². The van der Waals surface area contributed by atoms with Gasteiger partial charge in [-0.05, 0) is 92.2 Å². The van der Waals surface area contributed by atoms with E-state index in [-0.39, 0.29) is 40.8 Å². The van der Waals surface area contributed by atoms with Crippen LogP contribution in [0.3, 0.4) is 0 Å². The fraction of sp³-hybridized carbons (Fsp3) is 0.472. The van der Waals surface area contributed by atoms with Crippen molar-refractivity contribution in [3.63, 3.8) is 0 Å². The van der Waals surface area contributed by atoms with Gasteiger partial charge >= 0.3 is 20.9 Å². The maximum absolute atomic E-state index is 14.0. The fourth-order valence-electron chi connectivity index (χ4n) is 5.80. The van der Waals surface area contributed by atoms with Gasteiger partial charge in [-0.3, -0.25) is 14.0 Å². The van der Waals surface area contributed by atoms with Gasteiger partial charge in [-0.15, -0.1) is 0 Å². The molecular formula is C36H46BBrF3N8O7P.